The number of hydrogen-bond acceptors (Lipinski definition) is 1. The van der Waals surface area contributed by atoms with Crippen LogP contribution in [-0.4, -0.2) is 28.5 Å². The van der Waals surface area contributed by atoms with Crippen LogP contribution >= 0.6 is 0 Å². The molecule has 0 saturated carbocycles. The van der Waals surface area contributed by atoms with Crippen LogP contribution in [0.25, 0.3) is 10.9 Å². The number of aromatic nitrogens is 1. The van der Waals surface area contributed by atoms with Crippen molar-refractivity contribution >= 4 is 16.8 Å². The topological polar surface area (TPSA) is 25.2 Å². The number of carbonyl (C=O) groups excluding carboxylic acids is 1. The first-order valence-electron chi connectivity index (χ1n) is 7.04. The fourth-order valence-corrected chi connectivity index (χ4v) is 2.46. The molecule has 0 aliphatic carbocycles. The van der Waals surface area contributed by atoms with E-state index in [-0.39, 0.29) is 17.4 Å². The van der Waals surface area contributed by atoms with E-state index in [9.17, 15) is 4.79 Å². The van der Waals surface area contributed by atoms with E-state index in [1.165, 1.54) is 0 Å². The van der Waals surface area contributed by atoms with E-state index in [4.69, 9.17) is 0 Å². The summed E-state index contributed by atoms with van der Waals surface area (Å²) in [6.07, 6.45) is 1.93. The van der Waals surface area contributed by atoms with Gasteiger partial charge in [0, 0.05) is 37.2 Å². The van der Waals surface area contributed by atoms with Crippen molar-refractivity contribution in [1.82, 2.24) is 9.47 Å². The summed E-state index contributed by atoms with van der Waals surface area (Å²) in [7, 11) is 3.87. The van der Waals surface area contributed by atoms with Gasteiger partial charge in [-0.1, -0.05) is 39.0 Å². The van der Waals surface area contributed by atoms with E-state index in [0.717, 1.165) is 16.5 Å². The van der Waals surface area contributed by atoms with Gasteiger partial charge in [-0.2, -0.15) is 0 Å². The minimum Gasteiger partial charge on any atom is -0.350 e. The molecule has 1 amide bonds. The summed E-state index contributed by atoms with van der Waals surface area (Å²) in [5, 5.41) is 1.02. The van der Waals surface area contributed by atoms with Crippen molar-refractivity contribution in [3.63, 3.8) is 0 Å². The number of benzene rings is 1. The van der Waals surface area contributed by atoms with Crippen molar-refractivity contribution < 1.29 is 4.79 Å². The van der Waals surface area contributed by atoms with Crippen LogP contribution in [0.3, 0.4) is 0 Å². The Bertz CT molecular complexity index is 634. The van der Waals surface area contributed by atoms with Crippen LogP contribution in [0, 0.1) is 5.41 Å². The van der Waals surface area contributed by atoms with Crippen molar-refractivity contribution in [3.05, 3.63) is 36.0 Å². The Labute approximate surface area is 121 Å². The number of carbonyl (C=O) groups is 1. The maximum absolute atomic E-state index is 12.8. The van der Waals surface area contributed by atoms with Crippen LogP contribution in [-0.2, 0) is 7.05 Å². The van der Waals surface area contributed by atoms with Gasteiger partial charge in [-0.25, -0.2) is 0 Å². The molecule has 108 valence electrons. The zero-order valence-electron chi connectivity index (χ0n) is 13.3. The molecule has 0 radical (unpaired) electrons. The summed E-state index contributed by atoms with van der Waals surface area (Å²) in [6.45, 7) is 8.57. The molecule has 0 spiro atoms. The molecule has 0 aliphatic rings. The molecule has 20 heavy (non-hydrogen) atoms. The van der Waals surface area contributed by atoms with E-state index in [0.29, 0.717) is 0 Å². The summed E-state index contributed by atoms with van der Waals surface area (Å²) >= 11 is 0. The second-order valence-corrected chi connectivity index (χ2v) is 6.63. The van der Waals surface area contributed by atoms with Crippen molar-refractivity contribution in [3.8, 4) is 0 Å². The van der Waals surface area contributed by atoms with E-state index < -0.39 is 0 Å². The molecule has 1 heterocycles. The van der Waals surface area contributed by atoms with Gasteiger partial charge in [-0.15, -0.1) is 0 Å². The predicted molar refractivity (Wildman–Crippen MR) is 83.9 cm³/mol. The van der Waals surface area contributed by atoms with Crippen LogP contribution in [0.2, 0.25) is 0 Å². The number of nitrogens with zero attached hydrogens (tertiary/aromatic N) is 2. The van der Waals surface area contributed by atoms with Crippen LogP contribution < -0.4 is 0 Å². The molecule has 1 aromatic heterocycles. The van der Waals surface area contributed by atoms with Crippen molar-refractivity contribution in [2.75, 3.05) is 7.05 Å². The number of amides is 1. The zero-order valence-corrected chi connectivity index (χ0v) is 13.3. The Kier molecular flexibility index (Phi) is 3.63. The average Bonchev–Trinajstić information content (AvgIpc) is 2.73. The second-order valence-electron chi connectivity index (χ2n) is 6.63. The molecule has 3 nitrogen and oxygen atoms in total. The maximum atomic E-state index is 12.8. The van der Waals surface area contributed by atoms with Crippen LogP contribution in [0.4, 0.5) is 0 Å². The number of hydrogen-bond donors (Lipinski definition) is 0. The molecule has 0 aliphatic heterocycles. The van der Waals surface area contributed by atoms with Gasteiger partial charge in [0.1, 0.15) is 0 Å². The Morgan fingerprint density at radius 1 is 1.25 bits per heavy atom. The van der Waals surface area contributed by atoms with Crippen LogP contribution in [0.15, 0.2) is 30.5 Å². The van der Waals surface area contributed by atoms with Gasteiger partial charge >= 0.3 is 0 Å². The SMILES string of the molecule is C[C@@H](N(C)C(=O)c1cn(C)c2ccccc12)C(C)(C)C. The number of rotatable bonds is 2. The third-order valence-electron chi connectivity index (χ3n) is 4.28. The van der Waals surface area contributed by atoms with Gasteiger partial charge < -0.3 is 9.47 Å². The molecule has 2 aromatic rings. The highest BCUT2D eigenvalue weighted by molar-refractivity contribution is 6.07. The molecule has 0 unspecified atom stereocenters. The summed E-state index contributed by atoms with van der Waals surface area (Å²) in [5.74, 6) is 0.0872. The molecule has 0 fully saturated rings. The highest BCUT2D eigenvalue weighted by atomic mass is 16.2. The Hall–Kier alpha value is -1.77. The lowest BCUT2D eigenvalue weighted by Gasteiger charge is -2.35. The molecule has 1 atom stereocenters. The zero-order chi connectivity index (χ0) is 15.1. The van der Waals surface area contributed by atoms with Crippen molar-refractivity contribution in [2.24, 2.45) is 12.5 Å². The first kappa shape index (κ1) is 14.6. The fourth-order valence-electron chi connectivity index (χ4n) is 2.46. The summed E-state index contributed by atoms with van der Waals surface area (Å²) in [5.41, 5.74) is 1.93. The van der Waals surface area contributed by atoms with Gasteiger partial charge in [-0.05, 0) is 18.4 Å². The molecule has 0 bridgehead atoms. The van der Waals surface area contributed by atoms with Gasteiger partial charge in [0.2, 0.25) is 0 Å². The molecule has 0 saturated heterocycles. The number of para-hydroxylation sites is 1. The number of fused-ring (bicyclic) bond motifs is 1. The minimum atomic E-state index is 0.0645. The monoisotopic (exact) mass is 272 g/mol. The summed E-state index contributed by atoms with van der Waals surface area (Å²) < 4.78 is 2.01. The molecule has 0 N–H and O–H groups in total. The fraction of sp³-hybridized carbons (Fsp3) is 0.471. The molecule has 3 heteroatoms. The molecular weight excluding hydrogens is 248 g/mol. The number of aryl methyl sites for hydroxylation is 1. The molecule has 2 rings (SSSR count). The largest absolute Gasteiger partial charge is 0.350 e. The van der Waals surface area contributed by atoms with Gasteiger partial charge in [-0.3, -0.25) is 4.79 Å². The predicted octanol–water partition coefficient (Wildman–Crippen LogP) is 3.68. The maximum Gasteiger partial charge on any atom is 0.256 e. The average molecular weight is 272 g/mol. The normalized spacial score (nSPS) is 13.5. The third-order valence-corrected chi connectivity index (χ3v) is 4.28. The van der Waals surface area contributed by atoms with Gasteiger partial charge in [0.25, 0.3) is 5.91 Å². The Morgan fingerprint density at radius 3 is 2.45 bits per heavy atom. The minimum absolute atomic E-state index is 0.0645. The standard InChI is InChI=1S/C17H24N2O/c1-12(17(2,3)4)19(6)16(20)14-11-18(5)15-10-8-7-9-13(14)15/h7-12H,1-6H3/t12-/m1/s1. The first-order valence-corrected chi connectivity index (χ1v) is 7.04. The smallest absolute Gasteiger partial charge is 0.256 e. The molecule has 1 aromatic carbocycles. The molecular formula is C17H24N2O. The summed E-state index contributed by atoms with van der Waals surface area (Å²) in [4.78, 5) is 14.6. The highest BCUT2D eigenvalue weighted by Crippen LogP contribution is 2.27. The van der Waals surface area contributed by atoms with E-state index >= 15 is 0 Å². The second kappa shape index (κ2) is 4.97. The quantitative estimate of drug-likeness (QED) is 0.818. The highest BCUT2D eigenvalue weighted by Gasteiger charge is 2.28. The van der Waals surface area contributed by atoms with Crippen molar-refractivity contribution in [1.29, 1.82) is 0 Å². The Morgan fingerprint density at radius 2 is 1.85 bits per heavy atom. The van der Waals surface area contributed by atoms with E-state index in [1.54, 1.807) is 0 Å². The lowest BCUT2D eigenvalue weighted by atomic mass is 9.87. The van der Waals surface area contributed by atoms with Gasteiger partial charge in [0.05, 0.1) is 5.56 Å². The first-order chi connectivity index (χ1) is 9.23. The summed E-state index contributed by atoms with van der Waals surface area (Å²) in [6, 6.07) is 8.20. The van der Waals surface area contributed by atoms with E-state index in [1.807, 2.05) is 54.0 Å². The van der Waals surface area contributed by atoms with Crippen LogP contribution in [0.5, 0.6) is 0 Å². The van der Waals surface area contributed by atoms with E-state index in [2.05, 4.69) is 27.7 Å². The third kappa shape index (κ3) is 2.45. The lowest BCUT2D eigenvalue weighted by Crippen LogP contribution is -2.42. The van der Waals surface area contributed by atoms with Crippen LogP contribution in [0.1, 0.15) is 38.1 Å². The Balaban J connectivity index is 2.42. The lowest BCUT2D eigenvalue weighted by molar-refractivity contribution is 0.0631. The van der Waals surface area contributed by atoms with Gasteiger partial charge in [0.15, 0.2) is 0 Å². The van der Waals surface area contributed by atoms with Crippen molar-refractivity contribution in [2.45, 2.75) is 33.7 Å².